The molecule has 0 radical (unpaired) electrons. The molecule has 3 heteroatoms. The summed E-state index contributed by atoms with van der Waals surface area (Å²) in [5, 5.41) is 10.6. The molecule has 1 aromatic carbocycles. The van der Waals surface area contributed by atoms with Gasteiger partial charge in [-0.3, -0.25) is 0 Å². The van der Waals surface area contributed by atoms with E-state index in [1.54, 1.807) is 0 Å². The van der Waals surface area contributed by atoms with E-state index in [2.05, 4.69) is 4.90 Å². The number of anilines is 1. The fourth-order valence-electron chi connectivity index (χ4n) is 2.82. The van der Waals surface area contributed by atoms with E-state index in [0.29, 0.717) is 0 Å². The van der Waals surface area contributed by atoms with Crippen LogP contribution >= 0.6 is 0 Å². The second-order valence-electron chi connectivity index (χ2n) is 5.22. The molecule has 0 aliphatic carbocycles. The van der Waals surface area contributed by atoms with Gasteiger partial charge in [0.05, 0.1) is 12.1 Å². The predicted molar refractivity (Wildman–Crippen MR) is 78.3 cm³/mol. The molecule has 0 bridgehead atoms. The number of benzene rings is 1. The molecule has 1 aliphatic heterocycles. The van der Waals surface area contributed by atoms with Gasteiger partial charge in [0.15, 0.2) is 0 Å². The van der Waals surface area contributed by atoms with Crippen molar-refractivity contribution in [3.05, 3.63) is 35.9 Å². The lowest BCUT2D eigenvalue weighted by atomic mass is 10.1. The van der Waals surface area contributed by atoms with Gasteiger partial charge >= 0.3 is 0 Å². The van der Waals surface area contributed by atoms with Gasteiger partial charge in [0.1, 0.15) is 5.82 Å². The van der Waals surface area contributed by atoms with E-state index in [-0.39, 0.29) is 6.61 Å². The molecule has 1 saturated heterocycles. The second kappa shape index (κ2) is 5.57. The Morgan fingerprint density at radius 3 is 2.53 bits per heavy atom. The van der Waals surface area contributed by atoms with Crippen LogP contribution in [-0.2, 0) is 6.61 Å². The summed E-state index contributed by atoms with van der Waals surface area (Å²) in [5.74, 6) is 1.02. The molecular weight excluding hydrogens is 236 g/mol. The molecular formula is C16H20N2O. The summed E-state index contributed by atoms with van der Waals surface area (Å²) in [6.07, 6.45) is 5.11. The van der Waals surface area contributed by atoms with Gasteiger partial charge in [-0.1, -0.05) is 31.0 Å². The molecule has 3 nitrogen and oxygen atoms in total. The fourth-order valence-corrected chi connectivity index (χ4v) is 2.82. The van der Waals surface area contributed by atoms with Crippen LogP contribution in [0.1, 0.15) is 31.2 Å². The van der Waals surface area contributed by atoms with Gasteiger partial charge in [-0.05, 0) is 30.5 Å². The van der Waals surface area contributed by atoms with E-state index < -0.39 is 0 Å². The number of aliphatic hydroxyl groups is 1. The SMILES string of the molecule is OCc1cc(N2CCCCCC2)nc2ccccc12. The molecule has 1 aliphatic rings. The maximum absolute atomic E-state index is 9.57. The van der Waals surface area contributed by atoms with Crippen molar-refractivity contribution in [3.8, 4) is 0 Å². The Bertz CT molecular complexity index is 560. The first kappa shape index (κ1) is 12.4. The smallest absolute Gasteiger partial charge is 0.129 e. The molecule has 0 spiro atoms. The summed E-state index contributed by atoms with van der Waals surface area (Å²) in [6, 6.07) is 10.1. The van der Waals surface area contributed by atoms with Crippen molar-refractivity contribution in [1.29, 1.82) is 0 Å². The maximum atomic E-state index is 9.57. The topological polar surface area (TPSA) is 36.4 Å². The van der Waals surface area contributed by atoms with E-state index in [4.69, 9.17) is 4.98 Å². The molecule has 0 unspecified atom stereocenters. The third-order valence-electron chi connectivity index (χ3n) is 3.89. The van der Waals surface area contributed by atoms with Crippen LogP contribution in [0.15, 0.2) is 30.3 Å². The first-order valence-electron chi connectivity index (χ1n) is 7.13. The van der Waals surface area contributed by atoms with E-state index in [0.717, 1.165) is 35.4 Å². The van der Waals surface area contributed by atoms with Gasteiger partial charge in [-0.2, -0.15) is 0 Å². The Balaban J connectivity index is 2.03. The largest absolute Gasteiger partial charge is 0.392 e. The number of rotatable bonds is 2. The van der Waals surface area contributed by atoms with Crippen LogP contribution in [0, 0.1) is 0 Å². The van der Waals surface area contributed by atoms with Crippen molar-refractivity contribution < 1.29 is 5.11 Å². The number of aromatic nitrogens is 1. The highest BCUT2D eigenvalue weighted by Crippen LogP contribution is 2.24. The molecule has 100 valence electrons. The normalized spacial score (nSPS) is 16.6. The Labute approximate surface area is 113 Å². The predicted octanol–water partition coefficient (Wildman–Crippen LogP) is 3.11. The van der Waals surface area contributed by atoms with E-state index in [1.165, 1.54) is 25.7 Å². The Morgan fingerprint density at radius 2 is 1.79 bits per heavy atom. The lowest BCUT2D eigenvalue weighted by Crippen LogP contribution is -2.25. The Morgan fingerprint density at radius 1 is 1.05 bits per heavy atom. The van der Waals surface area contributed by atoms with Crippen molar-refractivity contribution in [2.45, 2.75) is 32.3 Å². The molecule has 19 heavy (non-hydrogen) atoms. The molecule has 0 amide bonds. The van der Waals surface area contributed by atoms with Gasteiger partial charge in [-0.15, -0.1) is 0 Å². The van der Waals surface area contributed by atoms with E-state index >= 15 is 0 Å². The van der Waals surface area contributed by atoms with Gasteiger partial charge in [-0.25, -0.2) is 4.98 Å². The Hall–Kier alpha value is -1.61. The molecule has 2 heterocycles. The zero-order valence-corrected chi connectivity index (χ0v) is 11.2. The van der Waals surface area contributed by atoms with Crippen molar-refractivity contribution in [3.63, 3.8) is 0 Å². The van der Waals surface area contributed by atoms with Crippen LogP contribution in [0.25, 0.3) is 10.9 Å². The minimum atomic E-state index is 0.0733. The number of fused-ring (bicyclic) bond motifs is 1. The van der Waals surface area contributed by atoms with Crippen LogP contribution in [-0.4, -0.2) is 23.2 Å². The van der Waals surface area contributed by atoms with Crippen LogP contribution in [0.4, 0.5) is 5.82 Å². The third kappa shape index (κ3) is 2.56. The molecule has 0 atom stereocenters. The second-order valence-corrected chi connectivity index (χ2v) is 5.22. The number of para-hydroxylation sites is 1. The van der Waals surface area contributed by atoms with E-state index in [9.17, 15) is 5.11 Å². The number of aliphatic hydroxyl groups excluding tert-OH is 1. The first-order valence-corrected chi connectivity index (χ1v) is 7.13. The maximum Gasteiger partial charge on any atom is 0.129 e. The van der Waals surface area contributed by atoms with Crippen molar-refractivity contribution in [1.82, 2.24) is 4.98 Å². The summed E-state index contributed by atoms with van der Waals surface area (Å²) in [4.78, 5) is 7.12. The standard InChI is InChI=1S/C16H20N2O/c19-12-13-11-16(18-9-5-1-2-6-10-18)17-15-8-4-3-7-14(13)15/h3-4,7-8,11,19H,1-2,5-6,9-10,12H2. The molecule has 1 aromatic heterocycles. The quantitative estimate of drug-likeness (QED) is 0.897. The monoisotopic (exact) mass is 256 g/mol. The lowest BCUT2D eigenvalue weighted by Gasteiger charge is -2.22. The molecule has 1 N–H and O–H groups in total. The first-order chi connectivity index (χ1) is 9.38. The van der Waals surface area contributed by atoms with Crippen molar-refractivity contribution in [2.24, 2.45) is 0 Å². The molecule has 1 fully saturated rings. The average molecular weight is 256 g/mol. The van der Waals surface area contributed by atoms with Crippen LogP contribution in [0.5, 0.6) is 0 Å². The fraction of sp³-hybridized carbons (Fsp3) is 0.438. The lowest BCUT2D eigenvalue weighted by molar-refractivity contribution is 0.283. The third-order valence-corrected chi connectivity index (χ3v) is 3.89. The van der Waals surface area contributed by atoms with Crippen LogP contribution in [0.3, 0.4) is 0 Å². The van der Waals surface area contributed by atoms with E-state index in [1.807, 2.05) is 30.3 Å². The zero-order chi connectivity index (χ0) is 13.1. The summed E-state index contributed by atoms with van der Waals surface area (Å²) in [7, 11) is 0. The average Bonchev–Trinajstić information content (AvgIpc) is 2.75. The van der Waals surface area contributed by atoms with Crippen LogP contribution < -0.4 is 4.90 Å². The number of nitrogens with zero attached hydrogens (tertiary/aromatic N) is 2. The van der Waals surface area contributed by atoms with Gasteiger partial charge in [0.25, 0.3) is 0 Å². The zero-order valence-electron chi connectivity index (χ0n) is 11.2. The summed E-state index contributed by atoms with van der Waals surface area (Å²) >= 11 is 0. The minimum absolute atomic E-state index is 0.0733. The summed E-state index contributed by atoms with van der Waals surface area (Å²) < 4.78 is 0. The number of hydrogen-bond donors (Lipinski definition) is 1. The highest BCUT2D eigenvalue weighted by Gasteiger charge is 2.13. The van der Waals surface area contributed by atoms with Gasteiger partial charge in [0, 0.05) is 18.5 Å². The molecule has 2 aromatic rings. The van der Waals surface area contributed by atoms with Gasteiger partial charge < -0.3 is 10.0 Å². The highest BCUT2D eigenvalue weighted by molar-refractivity contribution is 5.84. The minimum Gasteiger partial charge on any atom is -0.392 e. The molecule has 3 rings (SSSR count). The number of hydrogen-bond acceptors (Lipinski definition) is 3. The summed E-state index contributed by atoms with van der Waals surface area (Å²) in [5.41, 5.74) is 1.96. The Kier molecular flexibility index (Phi) is 3.65. The molecule has 0 saturated carbocycles. The van der Waals surface area contributed by atoms with Crippen LogP contribution in [0.2, 0.25) is 0 Å². The van der Waals surface area contributed by atoms with Gasteiger partial charge in [0.2, 0.25) is 0 Å². The highest BCUT2D eigenvalue weighted by atomic mass is 16.3. The number of pyridine rings is 1. The van der Waals surface area contributed by atoms with Crippen molar-refractivity contribution >= 4 is 16.7 Å². The summed E-state index contributed by atoms with van der Waals surface area (Å²) in [6.45, 7) is 2.23. The van der Waals surface area contributed by atoms with Crippen molar-refractivity contribution in [2.75, 3.05) is 18.0 Å².